The molecule has 0 radical (unpaired) electrons. The molecule has 2 aliphatic rings. The van der Waals surface area contributed by atoms with Crippen LogP contribution in [0.15, 0.2) is 42.0 Å². The maximum absolute atomic E-state index is 6.68. The van der Waals surface area contributed by atoms with Gasteiger partial charge in [0.1, 0.15) is 22.7 Å². The Morgan fingerprint density at radius 1 is 1.04 bits per heavy atom. The first kappa shape index (κ1) is 18.2. The Morgan fingerprint density at radius 2 is 1.78 bits per heavy atom. The molecule has 0 aromatic heterocycles. The lowest BCUT2D eigenvalue weighted by Crippen LogP contribution is -2.35. The molecule has 0 saturated heterocycles. The number of hydrogen-bond acceptors (Lipinski definition) is 2. The van der Waals surface area contributed by atoms with Gasteiger partial charge >= 0.3 is 0 Å². The van der Waals surface area contributed by atoms with E-state index in [1.165, 1.54) is 27.5 Å². The number of hydrogen-bond donors (Lipinski definition) is 0. The Hall–Kier alpha value is -2.22. The van der Waals surface area contributed by atoms with Crippen molar-refractivity contribution in [2.24, 2.45) is 0 Å². The predicted octanol–water partition coefficient (Wildman–Crippen LogP) is 6.85. The van der Waals surface area contributed by atoms with E-state index >= 15 is 0 Å². The Kier molecular flexibility index (Phi) is 4.33. The quantitative estimate of drug-likeness (QED) is 0.556. The van der Waals surface area contributed by atoms with Crippen LogP contribution in [0.3, 0.4) is 0 Å². The molecule has 4 rings (SSSR count). The largest absolute Gasteiger partial charge is 0.487 e. The van der Waals surface area contributed by atoms with E-state index < -0.39 is 0 Å². The Balaban J connectivity index is 1.82. The summed E-state index contributed by atoms with van der Waals surface area (Å²) in [5, 5.41) is 2.41. The molecule has 0 saturated carbocycles. The van der Waals surface area contributed by atoms with Gasteiger partial charge in [-0.05, 0) is 71.8 Å². The lowest BCUT2D eigenvalue weighted by atomic mass is 9.86. The van der Waals surface area contributed by atoms with Gasteiger partial charge in [-0.1, -0.05) is 42.0 Å². The molecule has 0 fully saturated rings. The summed E-state index contributed by atoms with van der Waals surface area (Å²) < 4.78 is 13.1. The van der Waals surface area contributed by atoms with Crippen molar-refractivity contribution < 1.29 is 9.47 Å². The molecule has 1 atom stereocenters. The van der Waals surface area contributed by atoms with Gasteiger partial charge in [0, 0.05) is 16.5 Å². The van der Waals surface area contributed by atoms with E-state index in [2.05, 4.69) is 77.1 Å². The van der Waals surface area contributed by atoms with Gasteiger partial charge in [-0.3, -0.25) is 0 Å². The van der Waals surface area contributed by atoms with Crippen molar-refractivity contribution in [1.82, 2.24) is 0 Å². The first-order valence-corrected chi connectivity index (χ1v) is 10.1. The van der Waals surface area contributed by atoms with Crippen LogP contribution in [0.25, 0.3) is 16.8 Å². The fraction of sp³-hybridized carbons (Fsp3) is 0.440. The zero-order valence-corrected chi connectivity index (χ0v) is 17.2. The molecule has 2 aliphatic heterocycles. The highest BCUT2D eigenvalue weighted by Gasteiger charge is 2.35. The number of fused-ring (bicyclic) bond motifs is 6. The highest BCUT2D eigenvalue weighted by Crippen LogP contribution is 2.49. The lowest BCUT2D eigenvalue weighted by molar-refractivity contribution is 0.0809. The molecule has 2 nitrogen and oxygen atoms in total. The molecule has 2 aromatic rings. The fourth-order valence-electron chi connectivity index (χ4n) is 4.15. The van der Waals surface area contributed by atoms with E-state index in [-0.39, 0.29) is 11.2 Å². The lowest BCUT2D eigenvalue weighted by Gasteiger charge is -2.38. The molecule has 27 heavy (non-hydrogen) atoms. The van der Waals surface area contributed by atoms with Crippen LogP contribution in [0.2, 0.25) is 0 Å². The molecule has 142 valence electrons. The van der Waals surface area contributed by atoms with E-state index in [9.17, 15) is 0 Å². The maximum atomic E-state index is 6.68. The van der Waals surface area contributed by atoms with Crippen LogP contribution in [0.4, 0.5) is 0 Å². The second kappa shape index (κ2) is 6.44. The monoisotopic (exact) mass is 362 g/mol. The summed E-state index contributed by atoms with van der Waals surface area (Å²) in [5.41, 5.74) is 3.38. The average molecular weight is 363 g/mol. The van der Waals surface area contributed by atoms with Gasteiger partial charge in [-0.25, -0.2) is 0 Å². The highest BCUT2D eigenvalue weighted by atomic mass is 16.5. The minimum absolute atomic E-state index is 0.138. The van der Waals surface area contributed by atoms with Crippen molar-refractivity contribution in [1.29, 1.82) is 0 Å². The summed E-state index contributed by atoms with van der Waals surface area (Å²) in [4.78, 5) is 0. The zero-order valence-electron chi connectivity index (χ0n) is 17.2. The molecule has 0 spiro atoms. The standard InChI is InChI=1S/C25H30O2/c1-17(2)9-8-14-25(5)16-13-20-18-10-6-7-11-19(18)22-21(23(20)27-25)12-15-24(3,4)26-22/h6-7,9-11,13,16H,8,12,14-15H2,1-5H3. The zero-order chi connectivity index (χ0) is 19.2. The molecule has 2 heteroatoms. The van der Waals surface area contributed by atoms with Crippen LogP contribution in [-0.2, 0) is 6.42 Å². The second-order valence-electron chi connectivity index (χ2n) is 9.03. The minimum atomic E-state index is -0.276. The van der Waals surface area contributed by atoms with Crippen LogP contribution in [-0.4, -0.2) is 11.2 Å². The smallest absolute Gasteiger partial charge is 0.135 e. The van der Waals surface area contributed by atoms with Crippen molar-refractivity contribution in [2.45, 2.75) is 71.5 Å². The van der Waals surface area contributed by atoms with Crippen LogP contribution < -0.4 is 9.47 Å². The first-order chi connectivity index (χ1) is 12.8. The summed E-state index contributed by atoms with van der Waals surface area (Å²) in [6.45, 7) is 10.8. The van der Waals surface area contributed by atoms with Gasteiger partial charge in [0.25, 0.3) is 0 Å². The topological polar surface area (TPSA) is 18.5 Å². The van der Waals surface area contributed by atoms with Crippen molar-refractivity contribution in [3.8, 4) is 11.5 Å². The molecule has 2 aromatic carbocycles. The summed E-state index contributed by atoms with van der Waals surface area (Å²) in [7, 11) is 0. The summed E-state index contributed by atoms with van der Waals surface area (Å²) in [6, 6.07) is 8.54. The third-order valence-electron chi connectivity index (χ3n) is 5.74. The Morgan fingerprint density at radius 3 is 2.52 bits per heavy atom. The highest BCUT2D eigenvalue weighted by molar-refractivity contribution is 5.99. The summed E-state index contributed by atoms with van der Waals surface area (Å²) >= 11 is 0. The average Bonchev–Trinajstić information content (AvgIpc) is 2.60. The van der Waals surface area contributed by atoms with E-state index in [1.807, 2.05) is 0 Å². The number of rotatable bonds is 3. The Bertz CT molecular complexity index is 944. The normalized spacial score (nSPS) is 22.4. The fourth-order valence-corrected chi connectivity index (χ4v) is 4.15. The van der Waals surface area contributed by atoms with Crippen molar-refractivity contribution >= 4 is 16.8 Å². The van der Waals surface area contributed by atoms with Crippen LogP contribution in [0.5, 0.6) is 11.5 Å². The molecular weight excluding hydrogens is 332 g/mol. The molecule has 0 amide bonds. The number of ether oxygens (including phenoxy) is 2. The first-order valence-electron chi connectivity index (χ1n) is 10.1. The molecule has 1 unspecified atom stereocenters. The second-order valence-corrected chi connectivity index (χ2v) is 9.03. The summed E-state index contributed by atoms with van der Waals surface area (Å²) in [6.07, 6.45) is 10.8. The van der Waals surface area contributed by atoms with Crippen molar-refractivity contribution in [3.63, 3.8) is 0 Å². The van der Waals surface area contributed by atoms with Gasteiger partial charge < -0.3 is 9.47 Å². The van der Waals surface area contributed by atoms with E-state index in [4.69, 9.17) is 9.47 Å². The van der Waals surface area contributed by atoms with Crippen molar-refractivity contribution in [3.05, 3.63) is 53.1 Å². The molecule has 0 aliphatic carbocycles. The van der Waals surface area contributed by atoms with E-state index in [1.54, 1.807) is 0 Å². The van der Waals surface area contributed by atoms with Gasteiger partial charge in [0.05, 0.1) is 0 Å². The molecule has 2 heterocycles. The molecular formula is C25H30O2. The van der Waals surface area contributed by atoms with Crippen molar-refractivity contribution in [2.75, 3.05) is 0 Å². The number of allylic oxidation sites excluding steroid dienone is 2. The maximum Gasteiger partial charge on any atom is 0.135 e. The molecule has 0 N–H and O–H groups in total. The Labute approximate surface area is 162 Å². The van der Waals surface area contributed by atoms with Crippen LogP contribution in [0.1, 0.15) is 65.0 Å². The van der Waals surface area contributed by atoms with Gasteiger partial charge in [0.2, 0.25) is 0 Å². The third-order valence-corrected chi connectivity index (χ3v) is 5.74. The van der Waals surface area contributed by atoms with E-state index in [0.29, 0.717) is 0 Å². The van der Waals surface area contributed by atoms with Gasteiger partial charge in [-0.2, -0.15) is 0 Å². The van der Waals surface area contributed by atoms with Crippen LogP contribution in [0, 0.1) is 0 Å². The van der Waals surface area contributed by atoms with Crippen LogP contribution >= 0.6 is 0 Å². The minimum Gasteiger partial charge on any atom is -0.487 e. The number of benzene rings is 2. The van der Waals surface area contributed by atoms with Gasteiger partial charge in [-0.15, -0.1) is 0 Å². The summed E-state index contributed by atoms with van der Waals surface area (Å²) in [5.74, 6) is 2.05. The predicted molar refractivity (Wildman–Crippen MR) is 114 cm³/mol. The third kappa shape index (κ3) is 3.38. The molecule has 0 bridgehead atoms. The SMILES string of the molecule is CC(C)=CCCC1(C)C=Cc2c(c3c(c4ccccc24)OC(C)(C)CC3)O1. The van der Waals surface area contributed by atoms with Gasteiger partial charge in [0.15, 0.2) is 0 Å². The van der Waals surface area contributed by atoms with E-state index in [0.717, 1.165) is 37.2 Å².